The van der Waals surface area contributed by atoms with Crippen molar-refractivity contribution in [3.8, 4) is 11.5 Å². The number of carbonyl (C=O) groups excluding carboxylic acids is 1. The molecule has 0 aliphatic heterocycles. The van der Waals surface area contributed by atoms with Gasteiger partial charge in [0.15, 0.2) is 11.5 Å². The number of ether oxygens (including phenoxy) is 2. The molecule has 5 heteroatoms. The van der Waals surface area contributed by atoms with E-state index in [1.165, 1.54) is 20.3 Å². The zero-order valence-corrected chi connectivity index (χ0v) is 11.8. The van der Waals surface area contributed by atoms with Gasteiger partial charge in [0, 0.05) is 18.2 Å². The summed E-state index contributed by atoms with van der Waals surface area (Å²) in [4.78, 5) is 11.6. The summed E-state index contributed by atoms with van der Waals surface area (Å²) in [6.45, 7) is 1.87. The van der Waals surface area contributed by atoms with Gasteiger partial charge in [-0.3, -0.25) is 4.79 Å². The summed E-state index contributed by atoms with van der Waals surface area (Å²) in [7, 11) is 3.04. The van der Waals surface area contributed by atoms with Crippen molar-refractivity contribution in [1.29, 1.82) is 0 Å². The molecule has 0 aliphatic rings. The number of allylic oxidation sites excluding steroid dienone is 3. The van der Waals surface area contributed by atoms with Gasteiger partial charge >= 0.3 is 0 Å². The number of halogens is 1. The lowest BCUT2D eigenvalue weighted by Crippen LogP contribution is -2.08. The van der Waals surface area contributed by atoms with Gasteiger partial charge in [0.2, 0.25) is 5.91 Å². The highest BCUT2D eigenvalue weighted by Crippen LogP contribution is 2.35. The molecule has 0 fully saturated rings. The van der Waals surface area contributed by atoms with Crippen LogP contribution in [-0.4, -0.2) is 20.1 Å². The van der Waals surface area contributed by atoms with Gasteiger partial charge in [-0.25, -0.2) is 0 Å². The second kappa shape index (κ2) is 7.48. The first-order chi connectivity index (χ1) is 9.12. The van der Waals surface area contributed by atoms with E-state index in [4.69, 9.17) is 21.1 Å². The van der Waals surface area contributed by atoms with Gasteiger partial charge < -0.3 is 14.8 Å². The molecule has 0 saturated heterocycles. The van der Waals surface area contributed by atoms with E-state index in [1.54, 1.807) is 24.3 Å². The molecule has 1 aromatic rings. The van der Waals surface area contributed by atoms with E-state index in [0.717, 1.165) is 0 Å². The molecule has 0 saturated carbocycles. The highest BCUT2D eigenvalue weighted by atomic mass is 35.5. The molecule has 0 radical (unpaired) electrons. The van der Waals surface area contributed by atoms with Crippen molar-refractivity contribution in [1.82, 2.24) is 0 Å². The third-order valence-corrected chi connectivity index (χ3v) is 2.59. The molecule has 0 spiro atoms. The second-order valence-corrected chi connectivity index (χ2v) is 3.97. The van der Waals surface area contributed by atoms with Gasteiger partial charge in [0.25, 0.3) is 0 Å². The van der Waals surface area contributed by atoms with Crippen LogP contribution in [0.5, 0.6) is 11.5 Å². The molecule has 0 bridgehead atoms. The van der Waals surface area contributed by atoms with Crippen LogP contribution in [0.1, 0.15) is 6.92 Å². The monoisotopic (exact) mass is 281 g/mol. The molecule has 1 N–H and O–H groups in total. The first-order valence-corrected chi connectivity index (χ1v) is 6.02. The van der Waals surface area contributed by atoms with Crippen molar-refractivity contribution in [3.05, 3.63) is 41.5 Å². The van der Waals surface area contributed by atoms with E-state index in [9.17, 15) is 4.79 Å². The maximum atomic E-state index is 11.6. The lowest BCUT2D eigenvalue weighted by molar-refractivity contribution is -0.111. The molecule has 4 nitrogen and oxygen atoms in total. The van der Waals surface area contributed by atoms with Gasteiger partial charge in [0.1, 0.15) is 0 Å². The molecule has 1 amide bonds. The predicted molar refractivity (Wildman–Crippen MR) is 77.1 cm³/mol. The minimum atomic E-state index is -0.271. The Bertz CT molecular complexity index is 510. The van der Waals surface area contributed by atoms with E-state index in [2.05, 4.69) is 5.32 Å². The Balaban J connectivity index is 2.92. The minimum absolute atomic E-state index is 0.271. The second-order valence-electron chi connectivity index (χ2n) is 3.56. The number of hydrogen-bond acceptors (Lipinski definition) is 3. The van der Waals surface area contributed by atoms with Crippen LogP contribution < -0.4 is 14.8 Å². The lowest BCUT2D eigenvalue weighted by Gasteiger charge is -2.11. The van der Waals surface area contributed by atoms with E-state index < -0.39 is 0 Å². The first-order valence-electron chi connectivity index (χ1n) is 5.64. The molecule has 1 aromatic carbocycles. The van der Waals surface area contributed by atoms with E-state index in [-0.39, 0.29) is 5.91 Å². The standard InChI is InChI=1S/C14H16ClNO3/c1-4-5-6-7-14(17)16-11-9-13(19-3)12(18-2)8-10(11)15/h4-9H,1-3H3,(H,16,17)/b5-4+,7-6+. The van der Waals surface area contributed by atoms with E-state index in [1.807, 2.05) is 13.0 Å². The summed E-state index contributed by atoms with van der Waals surface area (Å²) in [5.41, 5.74) is 0.467. The Kier molecular flexibility index (Phi) is 5.96. The zero-order chi connectivity index (χ0) is 14.3. The third-order valence-electron chi connectivity index (χ3n) is 2.28. The number of anilines is 1. The predicted octanol–water partition coefficient (Wildman–Crippen LogP) is 3.43. The summed E-state index contributed by atoms with van der Waals surface area (Å²) in [6.07, 6.45) is 6.64. The summed E-state index contributed by atoms with van der Waals surface area (Å²) < 4.78 is 10.3. The molecular weight excluding hydrogens is 266 g/mol. The Morgan fingerprint density at radius 1 is 1.21 bits per heavy atom. The summed E-state index contributed by atoms with van der Waals surface area (Å²) in [5, 5.41) is 3.05. The quantitative estimate of drug-likeness (QED) is 0.664. The van der Waals surface area contributed by atoms with E-state index >= 15 is 0 Å². The van der Waals surface area contributed by atoms with Crippen molar-refractivity contribution >= 4 is 23.2 Å². The maximum Gasteiger partial charge on any atom is 0.248 e. The highest BCUT2D eigenvalue weighted by molar-refractivity contribution is 6.34. The number of rotatable bonds is 5. The van der Waals surface area contributed by atoms with Crippen molar-refractivity contribution in [2.45, 2.75) is 6.92 Å². The van der Waals surface area contributed by atoms with Crippen LogP contribution in [-0.2, 0) is 4.79 Å². The fourth-order valence-corrected chi connectivity index (χ4v) is 1.58. The van der Waals surface area contributed by atoms with Gasteiger partial charge in [-0.05, 0) is 6.92 Å². The van der Waals surface area contributed by atoms with Crippen LogP contribution in [0, 0.1) is 0 Å². The molecule has 102 valence electrons. The normalized spacial score (nSPS) is 10.9. The largest absolute Gasteiger partial charge is 0.493 e. The number of benzene rings is 1. The van der Waals surface area contributed by atoms with Gasteiger partial charge in [-0.2, -0.15) is 0 Å². The molecule has 0 aromatic heterocycles. The Hall–Kier alpha value is -1.94. The third kappa shape index (κ3) is 4.34. The fraction of sp³-hybridized carbons (Fsp3) is 0.214. The van der Waals surface area contributed by atoms with Gasteiger partial charge in [0.05, 0.1) is 24.9 Å². The Labute approximate surface area is 117 Å². The van der Waals surface area contributed by atoms with Crippen LogP contribution in [0.25, 0.3) is 0 Å². The molecule has 0 heterocycles. The molecular formula is C14H16ClNO3. The minimum Gasteiger partial charge on any atom is -0.493 e. The smallest absolute Gasteiger partial charge is 0.248 e. The highest BCUT2D eigenvalue weighted by Gasteiger charge is 2.10. The first kappa shape index (κ1) is 15.1. The SMILES string of the molecule is C/C=C/C=C/C(=O)Nc1cc(OC)c(OC)cc1Cl. The van der Waals surface area contributed by atoms with Crippen molar-refractivity contribution in [2.75, 3.05) is 19.5 Å². The summed E-state index contributed by atoms with van der Waals surface area (Å²) in [5.74, 6) is 0.738. The Morgan fingerprint density at radius 2 is 1.84 bits per heavy atom. The van der Waals surface area contributed by atoms with Gasteiger partial charge in [-0.15, -0.1) is 0 Å². The van der Waals surface area contributed by atoms with Gasteiger partial charge in [-0.1, -0.05) is 29.8 Å². The molecule has 19 heavy (non-hydrogen) atoms. The number of hydrogen-bond donors (Lipinski definition) is 1. The summed E-state index contributed by atoms with van der Waals surface area (Å²) in [6, 6.07) is 3.20. The number of amides is 1. The fourth-order valence-electron chi connectivity index (χ4n) is 1.38. The number of carbonyl (C=O) groups is 1. The average Bonchev–Trinajstić information content (AvgIpc) is 2.40. The molecule has 1 rings (SSSR count). The number of nitrogens with one attached hydrogen (secondary N) is 1. The maximum absolute atomic E-state index is 11.6. The van der Waals surface area contributed by atoms with Crippen molar-refractivity contribution in [3.63, 3.8) is 0 Å². The van der Waals surface area contributed by atoms with E-state index in [0.29, 0.717) is 22.2 Å². The lowest BCUT2D eigenvalue weighted by atomic mass is 10.2. The van der Waals surface area contributed by atoms with Crippen LogP contribution in [0.4, 0.5) is 5.69 Å². The topological polar surface area (TPSA) is 47.6 Å². The van der Waals surface area contributed by atoms with Crippen LogP contribution in [0.3, 0.4) is 0 Å². The van der Waals surface area contributed by atoms with Crippen molar-refractivity contribution < 1.29 is 14.3 Å². The van der Waals surface area contributed by atoms with Crippen molar-refractivity contribution in [2.24, 2.45) is 0 Å². The van der Waals surface area contributed by atoms with Crippen LogP contribution in [0.15, 0.2) is 36.4 Å². The number of methoxy groups -OCH3 is 2. The van der Waals surface area contributed by atoms with Crippen LogP contribution >= 0.6 is 11.6 Å². The Morgan fingerprint density at radius 3 is 2.42 bits per heavy atom. The molecule has 0 atom stereocenters. The zero-order valence-electron chi connectivity index (χ0n) is 11.1. The summed E-state index contributed by atoms with van der Waals surface area (Å²) >= 11 is 6.05. The molecule has 0 unspecified atom stereocenters. The molecule has 0 aliphatic carbocycles. The average molecular weight is 282 g/mol. The van der Waals surface area contributed by atoms with Crippen LogP contribution in [0.2, 0.25) is 5.02 Å².